The fourth-order valence-electron chi connectivity index (χ4n) is 1.11. The number of hydrogen-bond donors (Lipinski definition) is 2. The molecule has 1 aromatic rings. The van der Waals surface area contributed by atoms with Gasteiger partial charge < -0.3 is 10.6 Å². The summed E-state index contributed by atoms with van der Waals surface area (Å²) in [5.41, 5.74) is 0.540. The summed E-state index contributed by atoms with van der Waals surface area (Å²) in [4.78, 5) is 22.9. The van der Waals surface area contributed by atoms with Crippen LogP contribution in [-0.2, 0) is 9.59 Å². The van der Waals surface area contributed by atoms with Crippen molar-refractivity contribution in [2.45, 2.75) is 26.3 Å². The number of carbonyl (C=O) groups is 2. The molecule has 92 valence electrons. The van der Waals surface area contributed by atoms with Crippen molar-refractivity contribution in [3.8, 4) is 0 Å². The largest absolute Gasteiger partial charge is 0.345 e. The number of hydrogen-bond acceptors (Lipinski definition) is 2. The fourth-order valence-corrected chi connectivity index (χ4v) is 1.24. The third-order valence-electron chi connectivity index (χ3n) is 2.30. The molecule has 1 rings (SSSR count). The molecule has 0 fully saturated rings. The van der Waals surface area contributed by atoms with Crippen LogP contribution in [0.3, 0.4) is 0 Å². The lowest BCUT2D eigenvalue weighted by Crippen LogP contribution is -2.40. The summed E-state index contributed by atoms with van der Waals surface area (Å²) in [7, 11) is 0. The number of benzene rings is 1. The molecular formula is C12H15ClN2O2. The van der Waals surface area contributed by atoms with Crippen LogP contribution in [0.25, 0.3) is 0 Å². The summed E-state index contributed by atoms with van der Waals surface area (Å²) in [6.07, 6.45) is 0.778. The van der Waals surface area contributed by atoms with E-state index in [0.29, 0.717) is 10.7 Å². The van der Waals surface area contributed by atoms with E-state index in [4.69, 9.17) is 11.6 Å². The SMILES string of the molecule is CC[C@H](C)NC(=O)C(=O)Nc1ccc(Cl)cc1. The first-order chi connectivity index (χ1) is 8.02. The van der Waals surface area contributed by atoms with E-state index in [9.17, 15) is 9.59 Å². The van der Waals surface area contributed by atoms with Crippen LogP contribution in [-0.4, -0.2) is 17.9 Å². The summed E-state index contributed by atoms with van der Waals surface area (Å²) < 4.78 is 0. The molecule has 17 heavy (non-hydrogen) atoms. The summed E-state index contributed by atoms with van der Waals surface area (Å²) in [6, 6.07) is 6.54. The molecule has 1 atom stereocenters. The third-order valence-corrected chi connectivity index (χ3v) is 2.55. The molecule has 0 aliphatic carbocycles. The molecule has 0 radical (unpaired) electrons. The Morgan fingerprint density at radius 2 is 1.82 bits per heavy atom. The van der Waals surface area contributed by atoms with Gasteiger partial charge >= 0.3 is 11.8 Å². The van der Waals surface area contributed by atoms with Gasteiger partial charge in [0.15, 0.2) is 0 Å². The average molecular weight is 255 g/mol. The van der Waals surface area contributed by atoms with E-state index in [0.717, 1.165) is 6.42 Å². The van der Waals surface area contributed by atoms with Crippen LogP contribution >= 0.6 is 11.6 Å². The molecule has 0 bridgehead atoms. The van der Waals surface area contributed by atoms with E-state index < -0.39 is 11.8 Å². The van der Waals surface area contributed by atoms with Crippen molar-refractivity contribution in [1.82, 2.24) is 5.32 Å². The van der Waals surface area contributed by atoms with Gasteiger partial charge in [0.2, 0.25) is 0 Å². The Morgan fingerprint density at radius 1 is 1.24 bits per heavy atom. The van der Waals surface area contributed by atoms with Crippen molar-refractivity contribution in [2.24, 2.45) is 0 Å². The lowest BCUT2D eigenvalue weighted by molar-refractivity contribution is -0.136. The zero-order chi connectivity index (χ0) is 12.8. The lowest BCUT2D eigenvalue weighted by Gasteiger charge is -2.11. The molecule has 0 saturated carbocycles. The Balaban J connectivity index is 2.54. The van der Waals surface area contributed by atoms with E-state index in [1.807, 2.05) is 13.8 Å². The quantitative estimate of drug-likeness (QED) is 0.813. The van der Waals surface area contributed by atoms with Gasteiger partial charge in [-0.25, -0.2) is 0 Å². The highest BCUT2D eigenvalue weighted by atomic mass is 35.5. The molecule has 0 aromatic heterocycles. The smallest absolute Gasteiger partial charge is 0.313 e. The van der Waals surface area contributed by atoms with Crippen LogP contribution in [0, 0.1) is 0 Å². The molecule has 2 N–H and O–H groups in total. The highest BCUT2D eigenvalue weighted by Crippen LogP contribution is 2.13. The maximum absolute atomic E-state index is 11.5. The first-order valence-corrected chi connectivity index (χ1v) is 5.78. The van der Waals surface area contributed by atoms with Crippen LogP contribution in [0.5, 0.6) is 0 Å². The van der Waals surface area contributed by atoms with Crippen LogP contribution in [0.2, 0.25) is 5.02 Å². The van der Waals surface area contributed by atoms with Crippen molar-refractivity contribution >= 4 is 29.1 Å². The van der Waals surface area contributed by atoms with Crippen LogP contribution in [0.1, 0.15) is 20.3 Å². The first kappa shape index (κ1) is 13.5. The van der Waals surface area contributed by atoms with Crippen molar-refractivity contribution in [3.63, 3.8) is 0 Å². The second-order valence-electron chi connectivity index (χ2n) is 3.74. The van der Waals surface area contributed by atoms with Crippen molar-refractivity contribution in [3.05, 3.63) is 29.3 Å². The Morgan fingerprint density at radius 3 is 2.35 bits per heavy atom. The number of halogens is 1. The summed E-state index contributed by atoms with van der Waals surface area (Å²) in [6.45, 7) is 3.77. The normalized spacial score (nSPS) is 11.7. The summed E-state index contributed by atoms with van der Waals surface area (Å²) >= 11 is 5.71. The molecule has 0 heterocycles. The minimum atomic E-state index is -0.673. The van der Waals surface area contributed by atoms with E-state index in [1.165, 1.54) is 0 Å². The average Bonchev–Trinajstić information content (AvgIpc) is 2.31. The number of nitrogens with one attached hydrogen (secondary N) is 2. The van der Waals surface area contributed by atoms with Crippen LogP contribution in [0.4, 0.5) is 5.69 Å². The number of amides is 2. The van der Waals surface area contributed by atoms with Gasteiger partial charge in [0, 0.05) is 16.8 Å². The van der Waals surface area contributed by atoms with Gasteiger partial charge in [0.25, 0.3) is 0 Å². The van der Waals surface area contributed by atoms with Crippen molar-refractivity contribution in [2.75, 3.05) is 5.32 Å². The van der Waals surface area contributed by atoms with Crippen molar-refractivity contribution < 1.29 is 9.59 Å². The highest BCUT2D eigenvalue weighted by Gasteiger charge is 2.15. The molecule has 0 aliphatic rings. The molecular weight excluding hydrogens is 240 g/mol. The Labute approximate surface area is 105 Å². The minimum absolute atomic E-state index is 0.0153. The maximum atomic E-state index is 11.5. The predicted octanol–water partition coefficient (Wildman–Crippen LogP) is 2.19. The van der Waals surface area contributed by atoms with Gasteiger partial charge in [0.05, 0.1) is 0 Å². The molecule has 2 amide bonds. The van der Waals surface area contributed by atoms with Crippen LogP contribution in [0.15, 0.2) is 24.3 Å². The second-order valence-corrected chi connectivity index (χ2v) is 4.18. The number of anilines is 1. The molecule has 0 unspecified atom stereocenters. The Kier molecular flexibility index (Phi) is 4.97. The zero-order valence-electron chi connectivity index (χ0n) is 9.79. The Hall–Kier alpha value is -1.55. The molecule has 0 spiro atoms. The Bertz CT molecular complexity index is 403. The molecule has 0 saturated heterocycles. The topological polar surface area (TPSA) is 58.2 Å². The van der Waals surface area contributed by atoms with Gasteiger partial charge in [-0.2, -0.15) is 0 Å². The number of carbonyl (C=O) groups excluding carboxylic acids is 2. The fraction of sp³-hybridized carbons (Fsp3) is 0.333. The zero-order valence-corrected chi connectivity index (χ0v) is 10.5. The lowest BCUT2D eigenvalue weighted by atomic mass is 10.2. The molecule has 5 heteroatoms. The van der Waals surface area contributed by atoms with Gasteiger partial charge in [-0.05, 0) is 37.6 Å². The maximum Gasteiger partial charge on any atom is 0.313 e. The van der Waals surface area contributed by atoms with E-state index >= 15 is 0 Å². The van der Waals surface area contributed by atoms with Gasteiger partial charge in [-0.15, -0.1) is 0 Å². The molecule has 4 nitrogen and oxygen atoms in total. The second kappa shape index (κ2) is 6.25. The summed E-state index contributed by atoms with van der Waals surface area (Å²) in [5, 5.41) is 5.65. The predicted molar refractivity (Wildman–Crippen MR) is 68.0 cm³/mol. The standard InChI is InChI=1S/C12H15ClN2O2/c1-3-8(2)14-11(16)12(17)15-10-6-4-9(13)5-7-10/h4-8H,3H2,1-2H3,(H,14,16)(H,15,17)/t8-/m0/s1. The third kappa shape index (κ3) is 4.44. The first-order valence-electron chi connectivity index (χ1n) is 5.40. The van der Waals surface area contributed by atoms with E-state index in [1.54, 1.807) is 24.3 Å². The van der Waals surface area contributed by atoms with Gasteiger partial charge in [0.1, 0.15) is 0 Å². The highest BCUT2D eigenvalue weighted by molar-refractivity contribution is 6.39. The molecule has 0 aliphatic heterocycles. The van der Waals surface area contributed by atoms with E-state index in [-0.39, 0.29) is 6.04 Å². The summed E-state index contributed by atoms with van der Waals surface area (Å²) in [5.74, 6) is -1.30. The molecule has 1 aromatic carbocycles. The number of rotatable bonds is 3. The van der Waals surface area contributed by atoms with Gasteiger partial charge in [-0.3, -0.25) is 9.59 Å². The van der Waals surface area contributed by atoms with E-state index in [2.05, 4.69) is 10.6 Å². The monoisotopic (exact) mass is 254 g/mol. The van der Waals surface area contributed by atoms with Crippen molar-refractivity contribution in [1.29, 1.82) is 0 Å². The van der Waals surface area contributed by atoms with Crippen LogP contribution < -0.4 is 10.6 Å². The minimum Gasteiger partial charge on any atom is -0.345 e. The van der Waals surface area contributed by atoms with Gasteiger partial charge in [-0.1, -0.05) is 18.5 Å².